The lowest BCUT2D eigenvalue weighted by Gasteiger charge is -2.21. The molecule has 0 fully saturated rings. The molecule has 4 rings (SSSR count). The van der Waals surface area contributed by atoms with Gasteiger partial charge in [0.15, 0.2) is 0 Å². The number of rotatable bonds is 9. The first-order chi connectivity index (χ1) is 21.0. The zero-order valence-corrected chi connectivity index (χ0v) is 24.8. The van der Waals surface area contributed by atoms with E-state index in [-0.39, 0.29) is 32.0 Å². The van der Waals surface area contributed by atoms with E-state index in [1.165, 1.54) is 0 Å². The Morgan fingerprint density at radius 2 is 1.36 bits per heavy atom. The Kier molecular flexibility index (Phi) is 10.3. The summed E-state index contributed by atoms with van der Waals surface area (Å²) in [6.07, 6.45) is -1.41. The minimum absolute atomic E-state index is 0.0157. The van der Waals surface area contributed by atoms with Crippen molar-refractivity contribution in [3.8, 4) is 11.1 Å². The van der Waals surface area contributed by atoms with Crippen molar-refractivity contribution in [3.05, 3.63) is 95.6 Å². The third kappa shape index (κ3) is 8.66. The second kappa shape index (κ2) is 14.3. The van der Waals surface area contributed by atoms with E-state index in [4.69, 9.17) is 14.2 Å². The first-order valence-corrected chi connectivity index (χ1v) is 14.2. The summed E-state index contributed by atoms with van der Waals surface area (Å²) in [5.74, 6) is -4.08. The molecule has 0 radical (unpaired) electrons. The highest BCUT2D eigenvalue weighted by Crippen LogP contribution is 2.44. The van der Waals surface area contributed by atoms with E-state index in [9.17, 15) is 24.0 Å². The fraction of sp³-hybridized carbons (Fsp3) is 0.303. The third-order valence-electron chi connectivity index (χ3n) is 6.72. The summed E-state index contributed by atoms with van der Waals surface area (Å²) in [7, 11) is 0. The first-order valence-electron chi connectivity index (χ1n) is 14.2. The zero-order chi connectivity index (χ0) is 31.7. The van der Waals surface area contributed by atoms with Crippen LogP contribution in [-0.4, -0.2) is 48.1 Å². The van der Waals surface area contributed by atoms with Crippen LogP contribution in [0.3, 0.4) is 0 Å². The van der Waals surface area contributed by atoms with Crippen LogP contribution in [0.1, 0.15) is 56.2 Å². The fourth-order valence-corrected chi connectivity index (χ4v) is 4.72. The van der Waals surface area contributed by atoms with Gasteiger partial charge in [0.25, 0.3) is 5.91 Å². The Bertz CT molecular complexity index is 1470. The van der Waals surface area contributed by atoms with Gasteiger partial charge < -0.3 is 19.5 Å². The maximum absolute atomic E-state index is 13.0. The van der Waals surface area contributed by atoms with E-state index in [0.29, 0.717) is 0 Å². The number of hydrazine groups is 1. The SMILES string of the molecule is CC(C)(C)OC(=O)C(=O)N[C@@H](CCC(=O)OCc1ccccc1)C(=O)NNC(=O)OCC1c2ccccc2-c2ccccc21. The summed E-state index contributed by atoms with van der Waals surface area (Å²) in [5.41, 5.74) is 8.36. The van der Waals surface area contributed by atoms with Gasteiger partial charge in [-0.05, 0) is 55.0 Å². The normalized spacial score (nSPS) is 12.6. The van der Waals surface area contributed by atoms with Crippen LogP contribution in [-0.2, 0) is 40.0 Å². The maximum atomic E-state index is 13.0. The van der Waals surface area contributed by atoms with E-state index in [0.717, 1.165) is 27.8 Å². The Morgan fingerprint density at radius 3 is 1.98 bits per heavy atom. The largest absolute Gasteiger partial charge is 0.461 e. The Labute approximate surface area is 255 Å². The maximum Gasteiger partial charge on any atom is 0.426 e. The van der Waals surface area contributed by atoms with Crippen molar-refractivity contribution in [1.82, 2.24) is 16.2 Å². The number of nitrogens with one attached hydrogen (secondary N) is 3. The van der Waals surface area contributed by atoms with Gasteiger partial charge in [-0.15, -0.1) is 0 Å². The van der Waals surface area contributed by atoms with E-state index in [1.54, 1.807) is 45.0 Å². The Hall–Kier alpha value is -5.19. The average molecular weight is 602 g/mol. The molecule has 1 aliphatic carbocycles. The Morgan fingerprint density at radius 1 is 0.773 bits per heavy atom. The molecule has 0 saturated carbocycles. The van der Waals surface area contributed by atoms with Gasteiger partial charge in [-0.1, -0.05) is 78.9 Å². The number of hydrogen-bond donors (Lipinski definition) is 3. The van der Waals surface area contributed by atoms with Crippen molar-refractivity contribution in [3.63, 3.8) is 0 Å². The lowest BCUT2D eigenvalue weighted by atomic mass is 9.98. The van der Waals surface area contributed by atoms with E-state index < -0.39 is 41.5 Å². The fourth-order valence-electron chi connectivity index (χ4n) is 4.72. The molecule has 0 heterocycles. The van der Waals surface area contributed by atoms with Gasteiger partial charge in [0.2, 0.25) is 0 Å². The molecule has 3 aromatic rings. The van der Waals surface area contributed by atoms with Crippen LogP contribution in [0.2, 0.25) is 0 Å². The third-order valence-corrected chi connectivity index (χ3v) is 6.72. The van der Waals surface area contributed by atoms with Crippen LogP contribution in [0.15, 0.2) is 78.9 Å². The minimum Gasteiger partial charge on any atom is -0.461 e. The summed E-state index contributed by atoms with van der Waals surface area (Å²) in [5, 5.41) is 2.27. The van der Waals surface area contributed by atoms with Crippen molar-refractivity contribution in [2.75, 3.05) is 6.61 Å². The van der Waals surface area contributed by atoms with E-state index in [2.05, 4.69) is 16.2 Å². The highest BCUT2D eigenvalue weighted by Gasteiger charge is 2.31. The summed E-state index contributed by atoms with van der Waals surface area (Å²) >= 11 is 0. The molecular formula is C33H35N3O8. The lowest BCUT2D eigenvalue weighted by Crippen LogP contribution is -2.54. The molecule has 0 aromatic heterocycles. The number of carbonyl (C=O) groups excluding carboxylic acids is 5. The molecule has 0 aliphatic heterocycles. The molecule has 3 N–H and O–H groups in total. The molecule has 1 aliphatic rings. The molecule has 3 amide bonds. The molecule has 0 spiro atoms. The molecule has 11 nitrogen and oxygen atoms in total. The van der Waals surface area contributed by atoms with Crippen LogP contribution in [0.4, 0.5) is 4.79 Å². The number of carbonyl (C=O) groups is 5. The molecular weight excluding hydrogens is 566 g/mol. The number of hydrogen-bond acceptors (Lipinski definition) is 8. The molecule has 0 bridgehead atoms. The standard InChI is InChI=1S/C33H35N3O8/c1-33(2,3)44-31(40)30(39)34-27(17-18-28(37)42-19-21-11-5-4-6-12-21)29(38)35-36-32(41)43-20-26-24-15-9-7-13-22(24)23-14-8-10-16-25(23)26/h4-16,26-27H,17-20H2,1-3H3,(H,34,39)(H,35,38)(H,36,41)/t27-/m0/s1. The predicted molar refractivity (Wildman–Crippen MR) is 160 cm³/mol. The van der Waals surface area contributed by atoms with Gasteiger partial charge >= 0.3 is 23.9 Å². The Balaban J connectivity index is 1.33. The topological polar surface area (TPSA) is 149 Å². The van der Waals surface area contributed by atoms with Crippen LogP contribution in [0.5, 0.6) is 0 Å². The molecule has 230 valence electrons. The van der Waals surface area contributed by atoms with Crippen molar-refractivity contribution in [1.29, 1.82) is 0 Å². The second-order valence-electron chi connectivity index (χ2n) is 11.2. The van der Waals surface area contributed by atoms with E-state index in [1.807, 2.05) is 54.6 Å². The number of ether oxygens (including phenoxy) is 3. The number of amides is 3. The summed E-state index contributed by atoms with van der Waals surface area (Å²) in [4.78, 5) is 62.6. The van der Waals surface area contributed by atoms with Gasteiger partial charge in [-0.2, -0.15) is 0 Å². The van der Waals surface area contributed by atoms with Gasteiger partial charge in [0.1, 0.15) is 24.9 Å². The summed E-state index contributed by atoms with van der Waals surface area (Å²) in [6, 6.07) is 23.4. The van der Waals surface area contributed by atoms with Gasteiger partial charge in [-0.3, -0.25) is 19.8 Å². The second-order valence-corrected chi connectivity index (χ2v) is 11.2. The number of benzene rings is 3. The molecule has 1 atom stereocenters. The van der Waals surface area contributed by atoms with Crippen LogP contribution in [0.25, 0.3) is 11.1 Å². The quantitative estimate of drug-likeness (QED) is 0.145. The van der Waals surface area contributed by atoms with Crippen molar-refractivity contribution in [2.24, 2.45) is 0 Å². The summed E-state index contributed by atoms with van der Waals surface area (Å²) in [6.45, 7) is 4.81. The van der Waals surface area contributed by atoms with Gasteiger partial charge in [0.05, 0.1) is 0 Å². The zero-order valence-electron chi connectivity index (χ0n) is 24.8. The number of esters is 2. The average Bonchev–Trinajstić information content (AvgIpc) is 3.32. The number of fused-ring (bicyclic) bond motifs is 3. The van der Waals surface area contributed by atoms with Gasteiger partial charge in [-0.25, -0.2) is 15.0 Å². The van der Waals surface area contributed by atoms with E-state index >= 15 is 0 Å². The monoisotopic (exact) mass is 601 g/mol. The lowest BCUT2D eigenvalue weighted by molar-refractivity contribution is -0.163. The van der Waals surface area contributed by atoms with Crippen LogP contribution in [0, 0.1) is 0 Å². The van der Waals surface area contributed by atoms with Crippen molar-refractivity contribution < 1.29 is 38.2 Å². The molecule has 0 saturated heterocycles. The van der Waals surface area contributed by atoms with Crippen molar-refractivity contribution >= 4 is 29.8 Å². The highest BCUT2D eigenvalue weighted by atomic mass is 16.6. The smallest absolute Gasteiger partial charge is 0.426 e. The minimum atomic E-state index is -1.38. The van der Waals surface area contributed by atoms with Gasteiger partial charge in [0, 0.05) is 12.3 Å². The molecule has 0 unspecified atom stereocenters. The highest BCUT2D eigenvalue weighted by molar-refractivity contribution is 6.33. The predicted octanol–water partition coefficient (Wildman–Crippen LogP) is 3.91. The molecule has 3 aromatic carbocycles. The first kappa shape index (κ1) is 31.7. The molecule has 11 heteroatoms. The van der Waals surface area contributed by atoms with Crippen LogP contribution >= 0.6 is 0 Å². The summed E-state index contributed by atoms with van der Waals surface area (Å²) < 4.78 is 15.7. The molecule has 44 heavy (non-hydrogen) atoms. The van der Waals surface area contributed by atoms with Crippen molar-refractivity contribution in [2.45, 2.75) is 57.8 Å². The van der Waals surface area contributed by atoms with Crippen LogP contribution < -0.4 is 16.2 Å².